The maximum absolute atomic E-state index is 12.8. The predicted octanol–water partition coefficient (Wildman–Crippen LogP) is 6.03. The lowest BCUT2D eigenvalue weighted by Gasteiger charge is -2.58. The van der Waals surface area contributed by atoms with Gasteiger partial charge in [0.25, 0.3) is 5.85 Å². The number of halogens is 2. The topological polar surface area (TPSA) is 17.1 Å². The average molecular weight is 349 g/mol. The molecule has 1 nitrogen and oxygen atoms in total. The lowest BCUT2D eigenvalue weighted by molar-refractivity contribution is 0.591. The van der Waals surface area contributed by atoms with Crippen molar-refractivity contribution in [2.75, 3.05) is 0 Å². The molecule has 0 aliphatic heterocycles. The molecule has 0 aromatic heterocycles. The average Bonchev–Trinajstić information content (AvgIpc) is 1.67. The van der Waals surface area contributed by atoms with Gasteiger partial charge < -0.3 is 0 Å². The molecule has 0 amide bonds. The molecule has 104 valence electrons. The van der Waals surface area contributed by atoms with Crippen LogP contribution >= 0.6 is 28.3 Å². The molecule has 0 aliphatic rings. The van der Waals surface area contributed by atoms with Crippen LogP contribution in [0.4, 0.5) is 0 Å². The van der Waals surface area contributed by atoms with Gasteiger partial charge in [0.2, 0.25) is 0 Å². The maximum Gasteiger partial charge on any atom is 0.251 e. The van der Waals surface area contributed by atoms with Crippen LogP contribution < -0.4 is 0 Å². The highest BCUT2D eigenvalue weighted by Crippen LogP contribution is 2.74. The van der Waals surface area contributed by atoms with Gasteiger partial charge >= 0.3 is 0 Å². The van der Waals surface area contributed by atoms with Crippen LogP contribution in [-0.2, 0) is 4.57 Å². The zero-order valence-corrected chi connectivity index (χ0v) is 18.0. The van der Waals surface area contributed by atoms with Gasteiger partial charge in [-0.15, -0.1) is 0 Å². The van der Waals surface area contributed by atoms with E-state index in [-0.39, 0.29) is 4.03 Å². The first kappa shape index (κ1) is 18.5. The Labute approximate surface area is 120 Å². The minimum absolute atomic E-state index is 0.247. The van der Waals surface area contributed by atoms with Crippen molar-refractivity contribution < 1.29 is 4.57 Å². The summed E-state index contributed by atoms with van der Waals surface area (Å²) in [6, 6.07) is 0. The maximum atomic E-state index is 12.8. The summed E-state index contributed by atoms with van der Waals surface area (Å²) < 4.78 is 12.6. The van der Waals surface area contributed by atoms with Crippen molar-refractivity contribution in [2.24, 2.45) is 0 Å². The molecular formula is C10H27Cl2OPSi3. The van der Waals surface area contributed by atoms with E-state index in [1.165, 1.54) is 0 Å². The molecule has 0 fully saturated rings. The third-order valence-electron chi connectivity index (χ3n) is 3.65. The van der Waals surface area contributed by atoms with Gasteiger partial charge in [0.05, 0.1) is 24.2 Å². The molecule has 0 aromatic carbocycles. The Kier molecular flexibility index (Phi) is 5.19. The highest BCUT2D eigenvalue weighted by atomic mass is 35.9. The van der Waals surface area contributed by atoms with Gasteiger partial charge in [-0.3, -0.25) is 4.57 Å². The summed E-state index contributed by atoms with van der Waals surface area (Å²) in [4.78, 5) is 0. The van der Waals surface area contributed by atoms with Gasteiger partial charge in [0.15, 0.2) is 0 Å². The van der Waals surface area contributed by atoms with E-state index in [1.807, 2.05) is 0 Å². The Bertz CT molecular complexity index is 297. The van der Waals surface area contributed by atoms with E-state index in [2.05, 4.69) is 58.9 Å². The second-order valence-electron chi connectivity index (χ2n) is 7.92. The van der Waals surface area contributed by atoms with Crippen molar-refractivity contribution in [3.8, 4) is 0 Å². The van der Waals surface area contributed by atoms with E-state index >= 15 is 0 Å². The van der Waals surface area contributed by atoms with Crippen molar-refractivity contribution in [2.45, 2.75) is 62.9 Å². The molecular weight excluding hydrogens is 322 g/mol. The quantitative estimate of drug-likeness (QED) is 0.447. The minimum Gasteiger partial charge on any atom is -0.290 e. The molecule has 7 heteroatoms. The molecule has 17 heavy (non-hydrogen) atoms. The van der Waals surface area contributed by atoms with Crippen LogP contribution in [0.2, 0.25) is 58.9 Å². The zero-order chi connectivity index (χ0) is 14.5. The van der Waals surface area contributed by atoms with Crippen molar-refractivity contribution in [3.63, 3.8) is 0 Å². The standard InChI is InChI=1S/C10H27Cl2OPSi3/c1-15(2,3)10(14(11,12)13,16(4,5)6)17(7,8)9/h1-9H3. The van der Waals surface area contributed by atoms with Gasteiger partial charge in [0, 0.05) is 4.03 Å². The van der Waals surface area contributed by atoms with E-state index in [1.54, 1.807) is 0 Å². The smallest absolute Gasteiger partial charge is 0.251 e. The first-order chi connectivity index (χ1) is 7.00. The van der Waals surface area contributed by atoms with E-state index < -0.39 is 30.1 Å². The SMILES string of the molecule is C[Si](C)(C)C([Si](C)(C)C)([Si](C)(C)C)P(=O)(Cl)Cl. The van der Waals surface area contributed by atoms with Gasteiger partial charge in [-0.1, -0.05) is 58.9 Å². The summed E-state index contributed by atoms with van der Waals surface area (Å²) >= 11 is 12.7. The van der Waals surface area contributed by atoms with Crippen molar-refractivity contribution in [3.05, 3.63) is 0 Å². The van der Waals surface area contributed by atoms with Gasteiger partial charge in [0.1, 0.15) is 0 Å². The van der Waals surface area contributed by atoms with Gasteiger partial charge in [-0.25, -0.2) is 0 Å². The van der Waals surface area contributed by atoms with E-state index in [9.17, 15) is 4.57 Å². The third-order valence-corrected chi connectivity index (χ3v) is 37.4. The van der Waals surface area contributed by atoms with Gasteiger partial charge in [-0.2, -0.15) is 0 Å². The zero-order valence-electron chi connectivity index (χ0n) is 12.6. The van der Waals surface area contributed by atoms with E-state index in [0.29, 0.717) is 0 Å². The largest absolute Gasteiger partial charge is 0.290 e. The molecule has 0 radical (unpaired) electrons. The van der Waals surface area contributed by atoms with Crippen LogP contribution in [0.25, 0.3) is 0 Å². The minimum atomic E-state index is -3.14. The van der Waals surface area contributed by atoms with Crippen LogP contribution in [0, 0.1) is 0 Å². The second kappa shape index (κ2) is 4.78. The molecule has 0 rings (SSSR count). The third kappa shape index (κ3) is 2.97. The van der Waals surface area contributed by atoms with Crippen LogP contribution in [0.5, 0.6) is 0 Å². The highest BCUT2D eigenvalue weighted by molar-refractivity contribution is 8.13. The Morgan fingerprint density at radius 3 is 0.882 bits per heavy atom. The molecule has 0 saturated carbocycles. The molecule has 0 aromatic rings. The summed E-state index contributed by atoms with van der Waals surface area (Å²) in [5, 5.41) is 0. The summed E-state index contributed by atoms with van der Waals surface area (Å²) in [5.41, 5.74) is 0. The van der Waals surface area contributed by atoms with Crippen molar-refractivity contribution in [1.29, 1.82) is 0 Å². The lowest BCUT2D eigenvalue weighted by atomic mass is 11.6. The summed E-state index contributed by atoms with van der Waals surface area (Å²) in [5.74, 6) is -3.14. The fraction of sp³-hybridized carbons (Fsp3) is 1.00. The van der Waals surface area contributed by atoms with Crippen molar-refractivity contribution >= 4 is 52.6 Å². The molecule has 0 N–H and O–H groups in total. The predicted molar refractivity (Wildman–Crippen MR) is 92.1 cm³/mol. The van der Waals surface area contributed by atoms with Gasteiger partial charge in [-0.05, 0) is 22.5 Å². The Morgan fingerprint density at radius 2 is 0.882 bits per heavy atom. The first-order valence-electron chi connectivity index (χ1n) is 5.99. The Morgan fingerprint density at radius 1 is 0.706 bits per heavy atom. The van der Waals surface area contributed by atoms with Crippen LogP contribution in [-0.4, -0.2) is 28.2 Å². The van der Waals surface area contributed by atoms with E-state index in [4.69, 9.17) is 22.5 Å². The first-order valence-corrected chi connectivity index (χ1v) is 20.0. The molecule has 0 atom stereocenters. The van der Waals surface area contributed by atoms with Crippen LogP contribution in [0.1, 0.15) is 0 Å². The summed E-state index contributed by atoms with van der Waals surface area (Å²) in [6.07, 6.45) is 0. The second-order valence-corrected chi connectivity index (χ2v) is 31.4. The lowest BCUT2D eigenvalue weighted by Crippen LogP contribution is -2.75. The molecule has 0 aliphatic carbocycles. The number of hydrogen-bond donors (Lipinski definition) is 0. The molecule has 0 spiro atoms. The van der Waals surface area contributed by atoms with Crippen molar-refractivity contribution in [1.82, 2.24) is 0 Å². The molecule has 0 saturated heterocycles. The molecule has 0 unspecified atom stereocenters. The number of rotatable bonds is 4. The fourth-order valence-corrected chi connectivity index (χ4v) is 54.6. The van der Waals surface area contributed by atoms with Crippen LogP contribution in [0.15, 0.2) is 0 Å². The summed E-state index contributed by atoms with van der Waals surface area (Å²) in [6.45, 7) is 20.5. The highest BCUT2D eigenvalue weighted by Gasteiger charge is 2.68. The normalized spacial score (nSPS) is 16.2. The fourth-order valence-electron chi connectivity index (χ4n) is 4.55. The Balaban J connectivity index is 6.48. The monoisotopic (exact) mass is 348 g/mol. The van der Waals surface area contributed by atoms with E-state index in [0.717, 1.165) is 0 Å². The summed E-state index contributed by atoms with van der Waals surface area (Å²) in [7, 11) is -5.24. The molecule has 0 bridgehead atoms. The Hall–Kier alpha value is 1.46. The molecule has 0 heterocycles. The number of hydrogen-bond acceptors (Lipinski definition) is 1. The van der Waals surface area contributed by atoms with Crippen LogP contribution in [0.3, 0.4) is 0 Å².